The van der Waals surface area contributed by atoms with E-state index in [-0.39, 0.29) is 5.91 Å². The molecule has 0 spiro atoms. The van der Waals surface area contributed by atoms with E-state index in [2.05, 4.69) is 0 Å². The third-order valence-corrected chi connectivity index (χ3v) is 3.60. The van der Waals surface area contributed by atoms with Crippen LogP contribution in [0.3, 0.4) is 0 Å². The molecule has 1 aromatic rings. The molecule has 1 N–H and O–H groups in total. The number of benzene rings is 1. The van der Waals surface area contributed by atoms with Crippen molar-refractivity contribution in [3.8, 4) is 0 Å². The van der Waals surface area contributed by atoms with E-state index in [1.54, 1.807) is 36.1 Å². The lowest BCUT2D eigenvalue weighted by atomic mass is 9.97. The molecule has 1 amide bonds. The van der Waals surface area contributed by atoms with Crippen molar-refractivity contribution in [1.82, 2.24) is 4.90 Å². The van der Waals surface area contributed by atoms with Gasteiger partial charge in [0, 0.05) is 6.08 Å². The van der Waals surface area contributed by atoms with Crippen molar-refractivity contribution in [2.24, 2.45) is 0 Å². The molecule has 1 aliphatic heterocycles. The Bertz CT molecular complexity index is 504. The molecule has 0 aromatic heterocycles. The maximum absolute atomic E-state index is 11.7. The predicted octanol–water partition coefficient (Wildman–Crippen LogP) is 2.60. The Kier molecular flexibility index (Phi) is 3.66. The number of carbonyl (C=O) groups excluding carboxylic acids is 1. The van der Waals surface area contributed by atoms with E-state index in [0.29, 0.717) is 28.7 Å². The highest BCUT2D eigenvalue weighted by molar-refractivity contribution is 6.42. The summed E-state index contributed by atoms with van der Waals surface area (Å²) in [4.78, 5) is 13.3. The first-order chi connectivity index (χ1) is 8.39. The number of hydrogen-bond donors (Lipinski definition) is 1. The van der Waals surface area contributed by atoms with Gasteiger partial charge >= 0.3 is 0 Å². The summed E-state index contributed by atoms with van der Waals surface area (Å²) in [5, 5.41) is 10.4. The van der Waals surface area contributed by atoms with Crippen LogP contribution >= 0.6 is 23.2 Å². The zero-order valence-corrected chi connectivity index (χ0v) is 11.4. The molecular formula is C13H13Cl2NO2. The molecule has 0 unspecified atom stereocenters. The number of rotatable bonds is 2. The summed E-state index contributed by atoms with van der Waals surface area (Å²) in [6.07, 6.45) is 3.07. The topological polar surface area (TPSA) is 40.5 Å². The lowest BCUT2D eigenvalue weighted by Gasteiger charge is -2.43. The number of aliphatic hydroxyl groups is 1. The number of amides is 1. The Labute approximate surface area is 116 Å². The van der Waals surface area contributed by atoms with E-state index in [4.69, 9.17) is 23.2 Å². The van der Waals surface area contributed by atoms with Gasteiger partial charge in [-0.1, -0.05) is 35.3 Å². The molecule has 1 aliphatic rings. The Morgan fingerprint density at radius 3 is 2.72 bits per heavy atom. The first-order valence-corrected chi connectivity index (χ1v) is 6.28. The molecule has 96 valence electrons. The highest BCUT2D eigenvalue weighted by Gasteiger charge is 2.38. The highest BCUT2D eigenvalue weighted by Crippen LogP contribution is 2.26. The molecule has 0 bridgehead atoms. The SMILES string of the molecule is CC1(O)CN(C(=O)C=Cc2cccc(Cl)c2Cl)C1. The van der Waals surface area contributed by atoms with Gasteiger partial charge in [-0.05, 0) is 24.6 Å². The second kappa shape index (κ2) is 4.92. The van der Waals surface area contributed by atoms with E-state index < -0.39 is 5.60 Å². The van der Waals surface area contributed by atoms with Crippen molar-refractivity contribution >= 4 is 35.2 Å². The number of likely N-dealkylation sites (tertiary alicyclic amines) is 1. The molecular weight excluding hydrogens is 273 g/mol. The van der Waals surface area contributed by atoms with E-state index in [1.165, 1.54) is 6.08 Å². The average Bonchev–Trinajstić information content (AvgIpc) is 2.27. The van der Waals surface area contributed by atoms with Crippen molar-refractivity contribution < 1.29 is 9.90 Å². The summed E-state index contributed by atoms with van der Waals surface area (Å²) in [6, 6.07) is 5.24. The van der Waals surface area contributed by atoms with Gasteiger partial charge in [0.1, 0.15) is 0 Å². The van der Waals surface area contributed by atoms with Crippen molar-refractivity contribution in [3.63, 3.8) is 0 Å². The van der Waals surface area contributed by atoms with Gasteiger partial charge in [0.25, 0.3) is 0 Å². The molecule has 0 aliphatic carbocycles. The van der Waals surface area contributed by atoms with E-state index in [1.807, 2.05) is 0 Å². The van der Waals surface area contributed by atoms with Crippen LogP contribution < -0.4 is 0 Å². The summed E-state index contributed by atoms with van der Waals surface area (Å²) in [7, 11) is 0. The Balaban J connectivity index is 2.03. The molecule has 0 radical (unpaired) electrons. The first kappa shape index (κ1) is 13.4. The number of hydrogen-bond acceptors (Lipinski definition) is 2. The standard InChI is InChI=1S/C13H13Cl2NO2/c1-13(18)7-16(8-13)11(17)6-5-9-3-2-4-10(14)12(9)15/h2-6,18H,7-8H2,1H3. The monoisotopic (exact) mass is 285 g/mol. The van der Waals surface area contributed by atoms with Gasteiger partial charge in [-0.2, -0.15) is 0 Å². The minimum atomic E-state index is -0.753. The third-order valence-electron chi connectivity index (χ3n) is 2.76. The van der Waals surface area contributed by atoms with E-state index in [9.17, 15) is 9.90 Å². The van der Waals surface area contributed by atoms with Gasteiger partial charge in [-0.25, -0.2) is 0 Å². The maximum Gasteiger partial charge on any atom is 0.246 e. The van der Waals surface area contributed by atoms with Gasteiger partial charge in [0.2, 0.25) is 5.91 Å². The first-order valence-electron chi connectivity index (χ1n) is 5.52. The zero-order chi connectivity index (χ0) is 13.3. The van der Waals surface area contributed by atoms with Crippen molar-refractivity contribution in [2.75, 3.05) is 13.1 Å². The minimum Gasteiger partial charge on any atom is -0.386 e. The molecule has 3 nitrogen and oxygen atoms in total. The predicted molar refractivity (Wildman–Crippen MR) is 72.7 cm³/mol. The Morgan fingerprint density at radius 2 is 2.11 bits per heavy atom. The molecule has 1 heterocycles. The fourth-order valence-corrected chi connectivity index (χ4v) is 2.22. The van der Waals surface area contributed by atoms with Gasteiger partial charge in [-0.15, -0.1) is 0 Å². The van der Waals surface area contributed by atoms with Crippen LogP contribution in [-0.2, 0) is 4.79 Å². The fourth-order valence-electron chi connectivity index (χ4n) is 1.85. The smallest absolute Gasteiger partial charge is 0.246 e. The van der Waals surface area contributed by atoms with Gasteiger partial charge in [0.15, 0.2) is 0 Å². The second-order valence-electron chi connectivity index (χ2n) is 4.67. The maximum atomic E-state index is 11.7. The number of nitrogens with zero attached hydrogens (tertiary/aromatic N) is 1. The molecule has 0 atom stereocenters. The largest absolute Gasteiger partial charge is 0.386 e. The van der Waals surface area contributed by atoms with Crippen LogP contribution in [0.2, 0.25) is 10.0 Å². The van der Waals surface area contributed by atoms with Crippen LogP contribution in [0.15, 0.2) is 24.3 Å². The molecule has 5 heteroatoms. The van der Waals surface area contributed by atoms with Crippen LogP contribution in [0, 0.1) is 0 Å². The van der Waals surface area contributed by atoms with E-state index in [0.717, 1.165) is 0 Å². The lowest BCUT2D eigenvalue weighted by Crippen LogP contribution is -2.61. The normalized spacial score (nSPS) is 17.9. The molecule has 1 fully saturated rings. The number of halogens is 2. The molecule has 0 saturated carbocycles. The van der Waals surface area contributed by atoms with Crippen molar-refractivity contribution in [2.45, 2.75) is 12.5 Å². The van der Waals surface area contributed by atoms with Crippen molar-refractivity contribution in [3.05, 3.63) is 39.9 Å². The summed E-state index contributed by atoms with van der Waals surface area (Å²) >= 11 is 11.9. The summed E-state index contributed by atoms with van der Waals surface area (Å²) in [6.45, 7) is 2.42. The number of carbonyl (C=O) groups is 1. The van der Waals surface area contributed by atoms with Crippen LogP contribution in [0.5, 0.6) is 0 Å². The van der Waals surface area contributed by atoms with Gasteiger partial charge < -0.3 is 10.0 Å². The molecule has 1 aromatic carbocycles. The van der Waals surface area contributed by atoms with Crippen LogP contribution in [-0.4, -0.2) is 34.6 Å². The van der Waals surface area contributed by atoms with Crippen LogP contribution in [0.4, 0.5) is 0 Å². The Hall–Kier alpha value is -1.03. The second-order valence-corrected chi connectivity index (χ2v) is 5.45. The highest BCUT2D eigenvalue weighted by atomic mass is 35.5. The van der Waals surface area contributed by atoms with Crippen molar-refractivity contribution in [1.29, 1.82) is 0 Å². The van der Waals surface area contributed by atoms with Gasteiger partial charge in [-0.3, -0.25) is 4.79 Å². The van der Waals surface area contributed by atoms with E-state index >= 15 is 0 Å². The third kappa shape index (κ3) is 2.86. The zero-order valence-electron chi connectivity index (χ0n) is 9.86. The molecule has 18 heavy (non-hydrogen) atoms. The fraction of sp³-hybridized carbons (Fsp3) is 0.308. The summed E-state index contributed by atoms with van der Waals surface area (Å²) < 4.78 is 0. The summed E-state index contributed by atoms with van der Waals surface area (Å²) in [5.74, 6) is -0.141. The molecule has 2 rings (SSSR count). The van der Waals surface area contributed by atoms with Crippen LogP contribution in [0.1, 0.15) is 12.5 Å². The minimum absolute atomic E-state index is 0.141. The number of β-amino-alcohol motifs (C(OH)–C–C–N with tert-alkyl or cyclic N) is 1. The molecule has 1 saturated heterocycles. The summed E-state index contributed by atoms with van der Waals surface area (Å²) in [5.41, 5.74) is -0.0539. The lowest BCUT2D eigenvalue weighted by molar-refractivity contribution is -0.146. The van der Waals surface area contributed by atoms with Crippen LogP contribution in [0.25, 0.3) is 6.08 Å². The van der Waals surface area contributed by atoms with Gasteiger partial charge in [0.05, 0.1) is 28.7 Å². The average molecular weight is 286 g/mol. The quantitative estimate of drug-likeness (QED) is 0.849. The Morgan fingerprint density at radius 1 is 1.44 bits per heavy atom.